The number of hydrogen-bond donors (Lipinski definition) is 1. The van der Waals surface area contributed by atoms with Crippen LogP contribution >= 0.6 is 12.4 Å². The van der Waals surface area contributed by atoms with Crippen LogP contribution in [0.3, 0.4) is 0 Å². The van der Waals surface area contributed by atoms with E-state index >= 15 is 0 Å². The van der Waals surface area contributed by atoms with Crippen LogP contribution in [0.2, 0.25) is 0 Å². The smallest absolute Gasteiger partial charge is 0.232 e. The average molecular weight is 359 g/mol. The van der Waals surface area contributed by atoms with Crippen LogP contribution < -0.4 is 5.32 Å². The summed E-state index contributed by atoms with van der Waals surface area (Å²) in [7, 11) is 1.67. The zero-order valence-corrected chi connectivity index (χ0v) is 15.2. The van der Waals surface area contributed by atoms with Crippen molar-refractivity contribution in [2.45, 2.75) is 19.9 Å². The summed E-state index contributed by atoms with van der Waals surface area (Å²) in [6, 6.07) is 1.97. The van der Waals surface area contributed by atoms with Gasteiger partial charge in [-0.15, -0.1) is 12.4 Å². The molecule has 0 aromatic carbocycles. The van der Waals surface area contributed by atoms with Crippen LogP contribution in [0.4, 0.5) is 0 Å². The lowest BCUT2D eigenvalue weighted by molar-refractivity contribution is -0.146. The Labute approximate surface area is 149 Å². The summed E-state index contributed by atoms with van der Waals surface area (Å²) in [6.45, 7) is 8.04. The number of carbonyl (C=O) groups is 1. The van der Waals surface area contributed by atoms with Gasteiger partial charge in [-0.2, -0.15) is 0 Å². The van der Waals surface area contributed by atoms with E-state index in [2.05, 4.69) is 15.4 Å². The normalized spacial score (nSPS) is 24.8. The van der Waals surface area contributed by atoms with E-state index in [-0.39, 0.29) is 23.7 Å². The molecule has 2 saturated heterocycles. The van der Waals surface area contributed by atoms with Crippen molar-refractivity contribution in [2.75, 3.05) is 53.0 Å². The van der Waals surface area contributed by atoms with Crippen molar-refractivity contribution >= 4 is 18.3 Å². The van der Waals surface area contributed by atoms with Gasteiger partial charge in [0.2, 0.25) is 5.91 Å². The van der Waals surface area contributed by atoms with Crippen molar-refractivity contribution in [1.29, 1.82) is 0 Å². The minimum atomic E-state index is -0.376. The summed E-state index contributed by atoms with van der Waals surface area (Å²) >= 11 is 0. The van der Waals surface area contributed by atoms with Crippen LogP contribution in [0.5, 0.6) is 0 Å². The van der Waals surface area contributed by atoms with Gasteiger partial charge in [-0.1, -0.05) is 5.16 Å². The second-order valence-corrected chi connectivity index (χ2v) is 6.64. The van der Waals surface area contributed by atoms with Crippen LogP contribution in [0.25, 0.3) is 0 Å². The number of piperazine rings is 1. The van der Waals surface area contributed by atoms with Crippen molar-refractivity contribution < 1.29 is 14.1 Å². The Morgan fingerprint density at radius 1 is 1.42 bits per heavy atom. The second-order valence-electron chi connectivity index (χ2n) is 6.64. The SMILES string of the molecule is COCC1(C(=O)N2CCN(Cc3cc(C)no3)CC2)CCNC1.Cl. The lowest BCUT2D eigenvalue weighted by Gasteiger charge is -2.39. The number of nitrogens with zero attached hydrogens (tertiary/aromatic N) is 3. The molecule has 3 heterocycles. The van der Waals surface area contributed by atoms with Gasteiger partial charge >= 0.3 is 0 Å². The molecule has 3 rings (SSSR count). The average Bonchev–Trinajstić information content (AvgIpc) is 3.18. The van der Waals surface area contributed by atoms with Gasteiger partial charge < -0.3 is 19.5 Å². The first-order chi connectivity index (χ1) is 11.1. The zero-order chi connectivity index (χ0) is 16.3. The van der Waals surface area contributed by atoms with Crippen molar-refractivity contribution in [3.05, 3.63) is 17.5 Å². The molecule has 8 heteroatoms. The standard InChI is InChI=1S/C16H26N4O3.ClH/c1-13-9-14(23-18-13)10-19-5-7-20(8-6-19)15(21)16(12-22-2)3-4-17-11-16;/h9,17H,3-8,10-12H2,1-2H3;1H. The largest absolute Gasteiger partial charge is 0.384 e. The van der Waals surface area contributed by atoms with E-state index in [0.717, 1.165) is 63.7 Å². The Balaban J connectivity index is 0.00000208. The van der Waals surface area contributed by atoms with Crippen molar-refractivity contribution in [1.82, 2.24) is 20.3 Å². The third kappa shape index (κ3) is 4.08. The fourth-order valence-corrected chi connectivity index (χ4v) is 3.54. The molecule has 0 spiro atoms. The first kappa shape index (κ1) is 19.2. The van der Waals surface area contributed by atoms with E-state index in [1.807, 2.05) is 17.9 Å². The molecule has 1 aromatic heterocycles. The molecule has 2 aliphatic rings. The predicted molar refractivity (Wildman–Crippen MR) is 92.1 cm³/mol. The molecule has 1 atom stereocenters. The molecule has 1 N–H and O–H groups in total. The van der Waals surface area contributed by atoms with Gasteiger partial charge in [0.05, 0.1) is 24.3 Å². The number of halogens is 1. The molecule has 1 unspecified atom stereocenters. The topological polar surface area (TPSA) is 70.8 Å². The maximum absolute atomic E-state index is 12.9. The van der Waals surface area contributed by atoms with Crippen molar-refractivity contribution in [3.63, 3.8) is 0 Å². The fraction of sp³-hybridized carbons (Fsp3) is 0.750. The van der Waals surface area contributed by atoms with Crippen LogP contribution in [0.1, 0.15) is 17.9 Å². The minimum Gasteiger partial charge on any atom is -0.384 e. The molecule has 1 amide bonds. The number of hydrogen-bond acceptors (Lipinski definition) is 6. The number of aromatic nitrogens is 1. The maximum Gasteiger partial charge on any atom is 0.232 e. The molecule has 2 fully saturated rings. The van der Waals surface area contributed by atoms with Crippen LogP contribution in [0, 0.1) is 12.3 Å². The van der Waals surface area contributed by atoms with E-state index in [1.165, 1.54) is 0 Å². The van der Waals surface area contributed by atoms with Gasteiger partial charge in [0.1, 0.15) is 0 Å². The molecule has 136 valence electrons. The van der Waals surface area contributed by atoms with Crippen molar-refractivity contribution in [3.8, 4) is 0 Å². The summed E-state index contributed by atoms with van der Waals surface area (Å²) in [5.41, 5.74) is 0.531. The summed E-state index contributed by atoms with van der Waals surface area (Å²) in [6.07, 6.45) is 0.858. The number of aryl methyl sites for hydroxylation is 1. The van der Waals surface area contributed by atoms with E-state index in [0.29, 0.717) is 6.61 Å². The third-order valence-corrected chi connectivity index (χ3v) is 4.83. The highest BCUT2D eigenvalue weighted by molar-refractivity contribution is 5.85. The van der Waals surface area contributed by atoms with Crippen LogP contribution in [0.15, 0.2) is 10.6 Å². The molecule has 0 saturated carbocycles. The number of ether oxygens (including phenoxy) is 1. The maximum atomic E-state index is 12.9. The number of carbonyl (C=O) groups excluding carboxylic acids is 1. The lowest BCUT2D eigenvalue weighted by Crippen LogP contribution is -2.54. The van der Waals surface area contributed by atoms with Gasteiger partial charge in [0, 0.05) is 45.9 Å². The van der Waals surface area contributed by atoms with Gasteiger partial charge in [-0.3, -0.25) is 9.69 Å². The molecule has 24 heavy (non-hydrogen) atoms. The van der Waals surface area contributed by atoms with Crippen LogP contribution in [-0.4, -0.2) is 73.8 Å². The number of nitrogens with one attached hydrogen (secondary N) is 1. The van der Waals surface area contributed by atoms with E-state index in [4.69, 9.17) is 9.26 Å². The Hall–Kier alpha value is -1.15. The quantitative estimate of drug-likeness (QED) is 0.834. The summed E-state index contributed by atoms with van der Waals surface area (Å²) in [5.74, 6) is 1.12. The predicted octanol–water partition coefficient (Wildman–Crippen LogP) is 0.675. The molecular formula is C16H27ClN4O3. The minimum absolute atomic E-state index is 0. The monoisotopic (exact) mass is 358 g/mol. The van der Waals surface area contributed by atoms with Gasteiger partial charge in [0.15, 0.2) is 5.76 Å². The molecular weight excluding hydrogens is 332 g/mol. The number of amides is 1. The van der Waals surface area contributed by atoms with E-state index in [1.54, 1.807) is 7.11 Å². The highest BCUT2D eigenvalue weighted by atomic mass is 35.5. The highest BCUT2D eigenvalue weighted by Crippen LogP contribution is 2.29. The Morgan fingerprint density at radius 2 is 2.17 bits per heavy atom. The fourth-order valence-electron chi connectivity index (χ4n) is 3.54. The van der Waals surface area contributed by atoms with Gasteiger partial charge in [-0.05, 0) is 19.9 Å². The van der Waals surface area contributed by atoms with Gasteiger partial charge in [-0.25, -0.2) is 0 Å². The molecule has 1 aromatic rings. The Bertz CT molecular complexity index is 537. The molecule has 2 aliphatic heterocycles. The summed E-state index contributed by atoms with van der Waals surface area (Å²) in [5, 5.41) is 7.22. The third-order valence-electron chi connectivity index (χ3n) is 4.83. The van der Waals surface area contributed by atoms with Crippen LogP contribution in [-0.2, 0) is 16.1 Å². The van der Waals surface area contributed by atoms with E-state index < -0.39 is 0 Å². The molecule has 7 nitrogen and oxygen atoms in total. The molecule has 0 aliphatic carbocycles. The number of rotatable bonds is 5. The second kappa shape index (κ2) is 8.29. The summed E-state index contributed by atoms with van der Waals surface area (Å²) in [4.78, 5) is 17.2. The summed E-state index contributed by atoms with van der Waals surface area (Å²) < 4.78 is 10.6. The Morgan fingerprint density at radius 3 is 2.71 bits per heavy atom. The molecule has 0 bridgehead atoms. The van der Waals surface area contributed by atoms with Gasteiger partial charge in [0.25, 0.3) is 0 Å². The van der Waals surface area contributed by atoms with E-state index in [9.17, 15) is 4.79 Å². The number of methoxy groups -OCH3 is 1. The first-order valence-electron chi connectivity index (χ1n) is 8.26. The highest BCUT2D eigenvalue weighted by Gasteiger charge is 2.44. The zero-order valence-electron chi connectivity index (χ0n) is 14.4. The molecule has 0 radical (unpaired) electrons. The lowest BCUT2D eigenvalue weighted by atomic mass is 9.86. The Kier molecular flexibility index (Phi) is 6.62. The first-order valence-corrected chi connectivity index (χ1v) is 8.26. The van der Waals surface area contributed by atoms with Crippen molar-refractivity contribution in [2.24, 2.45) is 5.41 Å².